The molecule has 2 aliphatic heterocycles. The summed E-state index contributed by atoms with van der Waals surface area (Å²) in [6, 6.07) is 4.39. The number of piperazine rings is 1. The molecule has 0 radical (unpaired) electrons. The minimum absolute atomic E-state index is 0.763. The van der Waals surface area contributed by atoms with E-state index in [9.17, 15) is 0 Å². The standard InChI is InChI=1S/C16H23N5S/c1-2-13(12-22-9-1)10-15-18-19-16-11-14(3-6-21(15)16)20-7-4-17-5-8-20/h3,6,11,13,17H,1-2,4-5,7-10,12H2. The lowest BCUT2D eigenvalue weighted by Crippen LogP contribution is -2.43. The van der Waals surface area contributed by atoms with Gasteiger partial charge < -0.3 is 10.2 Å². The molecule has 0 amide bonds. The van der Waals surface area contributed by atoms with Crippen LogP contribution in [0.3, 0.4) is 0 Å². The highest BCUT2D eigenvalue weighted by atomic mass is 32.2. The van der Waals surface area contributed by atoms with Gasteiger partial charge in [0.15, 0.2) is 5.65 Å². The van der Waals surface area contributed by atoms with Crippen molar-refractivity contribution in [1.82, 2.24) is 19.9 Å². The van der Waals surface area contributed by atoms with Crippen LogP contribution in [0.1, 0.15) is 18.7 Å². The third kappa shape index (κ3) is 2.94. The van der Waals surface area contributed by atoms with Gasteiger partial charge in [-0.3, -0.25) is 4.40 Å². The molecule has 0 bridgehead atoms. The van der Waals surface area contributed by atoms with Gasteiger partial charge >= 0.3 is 0 Å². The van der Waals surface area contributed by atoms with Crippen LogP contribution < -0.4 is 10.2 Å². The van der Waals surface area contributed by atoms with Gasteiger partial charge in [0.2, 0.25) is 0 Å². The predicted molar refractivity (Wildman–Crippen MR) is 91.8 cm³/mol. The zero-order chi connectivity index (χ0) is 14.8. The second kappa shape index (κ2) is 6.46. The zero-order valence-corrected chi connectivity index (χ0v) is 13.7. The SMILES string of the molecule is c1cn2c(CC3CCCSC3)nnc2cc1N1CCNCC1. The first-order valence-electron chi connectivity index (χ1n) is 8.27. The number of anilines is 1. The largest absolute Gasteiger partial charge is 0.369 e. The van der Waals surface area contributed by atoms with Crippen molar-refractivity contribution >= 4 is 23.1 Å². The molecule has 22 heavy (non-hydrogen) atoms. The van der Waals surface area contributed by atoms with Crippen molar-refractivity contribution < 1.29 is 0 Å². The molecule has 2 saturated heterocycles. The number of hydrogen-bond acceptors (Lipinski definition) is 5. The number of rotatable bonds is 3. The Morgan fingerprint density at radius 1 is 1.27 bits per heavy atom. The number of aromatic nitrogens is 3. The Balaban J connectivity index is 1.54. The van der Waals surface area contributed by atoms with Gasteiger partial charge in [0.1, 0.15) is 5.82 Å². The highest BCUT2D eigenvalue weighted by Gasteiger charge is 2.18. The molecule has 6 heteroatoms. The van der Waals surface area contributed by atoms with E-state index in [2.05, 4.69) is 54.9 Å². The van der Waals surface area contributed by atoms with E-state index >= 15 is 0 Å². The number of hydrogen-bond donors (Lipinski definition) is 1. The normalized spacial score (nSPS) is 23.1. The predicted octanol–water partition coefficient (Wildman–Crippen LogP) is 1.82. The molecule has 2 aromatic rings. The highest BCUT2D eigenvalue weighted by Crippen LogP contribution is 2.26. The minimum Gasteiger partial charge on any atom is -0.369 e. The minimum atomic E-state index is 0.763. The van der Waals surface area contributed by atoms with Crippen molar-refractivity contribution in [1.29, 1.82) is 0 Å². The van der Waals surface area contributed by atoms with Crippen LogP contribution in [-0.2, 0) is 6.42 Å². The Labute approximate surface area is 135 Å². The Bertz CT molecular complexity index is 628. The summed E-state index contributed by atoms with van der Waals surface area (Å²) < 4.78 is 2.17. The Hall–Kier alpha value is -1.27. The molecule has 1 unspecified atom stereocenters. The van der Waals surface area contributed by atoms with E-state index in [0.29, 0.717) is 0 Å². The van der Waals surface area contributed by atoms with Crippen molar-refractivity contribution in [2.45, 2.75) is 19.3 Å². The van der Waals surface area contributed by atoms with Crippen LogP contribution >= 0.6 is 11.8 Å². The summed E-state index contributed by atoms with van der Waals surface area (Å²) in [6.07, 6.45) is 5.89. The van der Waals surface area contributed by atoms with Crippen LogP contribution in [-0.4, -0.2) is 52.3 Å². The van der Waals surface area contributed by atoms with E-state index < -0.39 is 0 Å². The van der Waals surface area contributed by atoms with Gasteiger partial charge in [-0.1, -0.05) is 0 Å². The average Bonchev–Trinajstić information content (AvgIpc) is 2.99. The van der Waals surface area contributed by atoms with Gasteiger partial charge in [-0.2, -0.15) is 11.8 Å². The molecule has 2 fully saturated rings. The third-order valence-corrected chi connectivity index (χ3v) is 5.96. The Kier molecular flexibility index (Phi) is 4.21. The van der Waals surface area contributed by atoms with Crippen LogP contribution in [0.2, 0.25) is 0 Å². The summed E-state index contributed by atoms with van der Waals surface area (Å²) in [4.78, 5) is 2.42. The van der Waals surface area contributed by atoms with Gasteiger partial charge in [-0.15, -0.1) is 10.2 Å². The Morgan fingerprint density at radius 3 is 3.00 bits per heavy atom. The maximum absolute atomic E-state index is 4.45. The molecule has 4 heterocycles. The molecular formula is C16H23N5S. The van der Waals surface area contributed by atoms with Gasteiger partial charge in [-0.25, -0.2) is 0 Å². The van der Waals surface area contributed by atoms with Gasteiger partial charge in [0.25, 0.3) is 0 Å². The van der Waals surface area contributed by atoms with E-state index in [0.717, 1.165) is 50.0 Å². The molecule has 4 rings (SSSR count). The molecule has 0 saturated carbocycles. The second-order valence-electron chi connectivity index (χ2n) is 6.25. The summed E-state index contributed by atoms with van der Waals surface area (Å²) >= 11 is 2.08. The maximum Gasteiger partial charge on any atom is 0.162 e. The second-order valence-corrected chi connectivity index (χ2v) is 7.40. The number of nitrogens with zero attached hydrogens (tertiary/aromatic N) is 4. The summed E-state index contributed by atoms with van der Waals surface area (Å²) in [5.74, 6) is 4.48. The monoisotopic (exact) mass is 317 g/mol. The molecule has 1 N–H and O–H groups in total. The van der Waals surface area contributed by atoms with Crippen molar-refractivity contribution in [2.75, 3.05) is 42.6 Å². The lowest BCUT2D eigenvalue weighted by Gasteiger charge is -2.29. The molecule has 118 valence electrons. The van der Waals surface area contributed by atoms with Crippen LogP contribution in [0.15, 0.2) is 18.3 Å². The lowest BCUT2D eigenvalue weighted by molar-refractivity contribution is 0.506. The molecule has 1 atom stereocenters. The number of nitrogens with one attached hydrogen (secondary N) is 1. The van der Waals surface area contributed by atoms with Crippen LogP contribution in [0.25, 0.3) is 5.65 Å². The summed E-state index contributed by atoms with van der Waals surface area (Å²) in [6.45, 7) is 4.25. The van der Waals surface area contributed by atoms with Crippen molar-refractivity contribution in [2.24, 2.45) is 5.92 Å². The molecule has 2 aromatic heterocycles. The molecule has 5 nitrogen and oxygen atoms in total. The summed E-state index contributed by atoms with van der Waals surface area (Å²) in [7, 11) is 0. The van der Waals surface area contributed by atoms with Crippen molar-refractivity contribution in [3.8, 4) is 0 Å². The van der Waals surface area contributed by atoms with E-state index in [1.54, 1.807) is 0 Å². The zero-order valence-electron chi connectivity index (χ0n) is 12.9. The molecule has 0 aliphatic carbocycles. The molecule has 0 aromatic carbocycles. The first-order chi connectivity index (χ1) is 10.9. The fourth-order valence-electron chi connectivity index (χ4n) is 3.42. The number of fused-ring (bicyclic) bond motifs is 1. The van der Waals surface area contributed by atoms with Crippen LogP contribution in [0, 0.1) is 5.92 Å². The summed E-state index contributed by atoms with van der Waals surface area (Å²) in [5, 5.41) is 12.2. The van der Waals surface area contributed by atoms with Crippen LogP contribution in [0.4, 0.5) is 5.69 Å². The Morgan fingerprint density at radius 2 is 2.18 bits per heavy atom. The average molecular weight is 317 g/mol. The van der Waals surface area contributed by atoms with E-state index in [4.69, 9.17) is 0 Å². The van der Waals surface area contributed by atoms with E-state index in [-0.39, 0.29) is 0 Å². The van der Waals surface area contributed by atoms with Crippen LogP contribution in [0.5, 0.6) is 0 Å². The summed E-state index contributed by atoms with van der Waals surface area (Å²) in [5.41, 5.74) is 2.25. The molecule has 0 spiro atoms. The topological polar surface area (TPSA) is 45.5 Å². The lowest BCUT2D eigenvalue weighted by atomic mass is 10.0. The van der Waals surface area contributed by atoms with E-state index in [1.165, 1.54) is 30.0 Å². The van der Waals surface area contributed by atoms with Gasteiger partial charge in [-0.05, 0) is 36.3 Å². The fourth-order valence-corrected chi connectivity index (χ4v) is 4.57. The molecular weight excluding hydrogens is 294 g/mol. The first-order valence-corrected chi connectivity index (χ1v) is 9.43. The molecule has 2 aliphatic rings. The highest BCUT2D eigenvalue weighted by molar-refractivity contribution is 7.99. The fraction of sp³-hybridized carbons (Fsp3) is 0.625. The van der Waals surface area contributed by atoms with Gasteiger partial charge in [0.05, 0.1) is 0 Å². The third-order valence-electron chi connectivity index (χ3n) is 4.67. The first kappa shape index (κ1) is 14.3. The van der Waals surface area contributed by atoms with E-state index in [1.807, 2.05) is 0 Å². The smallest absolute Gasteiger partial charge is 0.162 e. The number of pyridine rings is 1. The number of thioether (sulfide) groups is 1. The van der Waals surface area contributed by atoms with Gasteiger partial charge in [0, 0.05) is 50.6 Å². The van der Waals surface area contributed by atoms with Crippen molar-refractivity contribution in [3.05, 3.63) is 24.2 Å². The maximum atomic E-state index is 4.45. The van der Waals surface area contributed by atoms with Crippen molar-refractivity contribution in [3.63, 3.8) is 0 Å². The quantitative estimate of drug-likeness (QED) is 0.936.